The molecule has 0 spiro atoms. The number of rotatable bonds is 3. The normalized spacial score (nSPS) is 18.9. The van der Waals surface area contributed by atoms with Gasteiger partial charge in [-0.1, -0.05) is 6.07 Å². The molecule has 1 amide bonds. The number of carbonyl (C=O) groups excluding carboxylic acids is 1. The van der Waals surface area contributed by atoms with Gasteiger partial charge in [0.05, 0.1) is 7.11 Å². The second-order valence-electron chi connectivity index (χ2n) is 6.40. The highest BCUT2D eigenvalue weighted by Crippen LogP contribution is 2.40. The monoisotopic (exact) mass is 389 g/mol. The van der Waals surface area contributed by atoms with Gasteiger partial charge in [-0.3, -0.25) is 4.79 Å². The predicted molar refractivity (Wildman–Crippen MR) is 101 cm³/mol. The van der Waals surface area contributed by atoms with Crippen LogP contribution in [0.5, 0.6) is 17.2 Å². The number of halogens is 1. The molecule has 5 nitrogen and oxygen atoms in total. The van der Waals surface area contributed by atoms with Gasteiger partial charge >= 0.3 is 0 Å². The average molecular weight is 389 g/mol. The summed E-state index contributed by atoms with van der Waals surface area (Å²) in [5.41, 5.74) is 1.52. The largest absolute Gasteiger partial charge is 0.494 e. The molecule has 2 heterocycles. The third kappa shape index (κ3) is 3.69. The van der Waals surface area contributed by atoms with Crippen LogP contribution in [0.4, 0.5) is 4.39 Å². The van der Waals surface area contributed by atoms with E-state index in [-0.39, 0.29) is 23.7 Å². The number of hydrogen-bond acceptors (Lipinski definition) is 5. The molecule has 4 rings (SSSR count). The number of methoxy groups -OCH3 is 1. The number of benzene rings is 2. The Balaban J connectivity index is 1.45. The van der Waals surface area contributed by atoms with Crippen LogP contribution >= 0.6 is 11.8 Å². The summed E-state index contributed by atoms with van der Waals surface area (Å²) in [5, 5.41) is 0.282. The minimum absolute atomic E-state index is 0.140. The molecule has 27 heavy (non-hydrogen) atoms. The molecule has 0 saturated carbocycles. The van der Waals surface area contributed by atoms with Crippen molar-refractivity contribution in [3.8, 4) is 17.2 Å². The summed E-state index contributed by atoms with van der Waals surface area (Å²) >= 11 is 1.82. The molecule has 2 aromatic rings. The Kier molecular flexibility index (Phi) is 5.11. The van der Waals surface area contributed by atoms with E-state index in [0.717, 1.165) is 23.7 Å². The molecule has 0 aliphatic carbocycles. The van der Waals surface area contributed by atoms with Crippen LogP contribution in [0.25, 0.3) is 0 Å². The summed E-state index contributed by atoms with van der Waals surface area (Å²) in [6, 6.07) is 10.4. The summed E-state index contributed by atoms with van der Waals surface area (Å²) in [6.07, 6.45) is 0.828. The van der Waals surface area contributed by atoms with Crippen molar-refractivity contribution in [2.24, 2.45) is 0 Å². The summed E-state index contributed by atoms with van der Waals surface area (Å²) in [7, 11) is 1.40. The minimum atomic E-state index is -0.522. The van der Waals surface area contributed by atoms with E-state index in [4.69, 9.17) is 14.2 Å². The molecular weight excluding hydrogens is 369 g/mol. The number of thioether (sulfide) groups is 1. The molecule has 0 unspecified atom stereocenters. The number of fused-ring (bicyclic) bond motifs is 1. The lowest BCUT2D eigenvalue weighted by Gasteiger charge is -2.20. The second-order valence-corrected chi connectivity index (χ2v) is 7.71. The van der Waals surface area contributed by atoms with Crippen molar-refractivity contribution in [3.05, 3.63) is 53.3 Å². The molecular formula is C20H20FNO4S. The van der Waals surface area contributed by atoms with Crippen LogP contribution < -0.4 is 14.2 Å². The summed E-state index contributed by atoms with van der Waals surface area (Å²) in [6.45, 7) is 1.52. The van der Waals surface area contributed by atoms with Crippen LogP contribution in [-0.2, 0) is 0 Å². The van der Waals surface area contributed by atoms with Gasteiger partial charge in [0.2, 0.25) is 6.79 Å². The van der Waals surface area contributed by atoms with E-state index in [1.165, 1.54) is 24.8 Å². The van der Waals surface area contributed by atoms with Gasteiger partial charge in [0, 0.05) is 29.7 Å². The van der Waals surface area contributed by atoms with E-state index in [9.17, 15) is 9.18 Å². The van der Waals surface area contributed by atoms with Gasteiger partial charge in [-0.25, -0.2) is 4.39 Å². The fourth-order valence-electron chi connectivity index (χ4n) is 3.33. The molecule has 1 atom stereocenters. The van der Waals surface area contributed by atoms with Gasteiger partial charge in [0.15, 0.2) is 23.1 Å². The number of ether oxygens (including phenoxy) is 3. The van der Waals surface area contributed by atoms with Crippen LogP contribution in [-0.4, -0.2) is 43.6 Å². The van der Waals surface area contributed by atoms with Crippen molar-refractivity contribution in [3.63, 3.8) is 0 Å². The average Bonchev–Trinajstić information content (AvgIpc) is 3.02. The Morgan fingerprint density at radius 2 is 2.04 bits per heavy atom. The molecule has 1 fully saturated rings. The summed E-state index contributed by atoms with van der Waals surface area (Å²) in [4.78, 5) is 14.6. The topological polar surface area (TPSA) is 48.0 Å². The lowest BCUT2D eigenvalue weighted by Crippen LogP contribution is -2.33. The zero-order chi connectivity index (χ0) is 18.8. The van der Waals surface area contributed by atoms with Gasteiger partial charge < -0.3 is 19.1 Å². The molecule has 2 aliphatic heterocycles. The van der Waals surface area contributed by atoms with Gasteiger partial charge in [0.1, 0.15) is 0 Å². The Labute approximate surface area is 161 Å². The van der Waals surface area contributed by atoms with E-state index in [2.05, 4.69) is 6.07 Å². The number of amides is 1. The fourth-order valence-corrected chi connectivity index (χ4v) is 4.56. The zero-order valence-corrected chi connectivity index (χ0v) is 15.8. The zero-order valence-electron chi connectivity index (χ0n) is 14.9. The van der Waals surface area contributed by atoms with Gasteiger partial charge in [0.25, 0.3) is 5.91 Å². The Bertz CT molecular complexity index is 860. The van der Waals surface area contributed by atoms with Crippen molar-refractivity contribution in [1.29, 1.82) is 0 Å². The number of carbonyl (C=O) groups is 1. The number of nitrogens with zero attached hydrogens (tertiary/aromatic N) is 1. The lowest BCUT2D eigenvalue weighted by atomic mass is 10.1. The van der Waals surface area contributed by atoms with E-state index in [1.54, 1.807) is 11.0 Å². The lowest BCUT2D eigenvalue weighted by molar-refractivity contribution is 0.0766. The Morgan fingerprint density at radius 3 is 2.85 bits per heavy atom. The first-order valence-electron chi connectivity index (χ1n) is 8.79. The van der Waals surface area contributed by atoms with Crippen molar-refractivity contribution in [2.45, 2.75) is 11.7 Å². The Morgan fingerprint density at radius 1 is 1.19 bits per heavy atom. The summed E-state index contributed by atoms with van der Waals surface area (Å²) in [5.74, 6) is 1.84. The van der Waals surface area contributed by atoms with E-state index in [1.807, 2.05) is 23.9 Å². The van der Waals surface area contributed by atoms with Crippen molar-refractivity contribution in [2.75, 3.05) is 32.7 Å². The van der Waals surface area contributed by atoms with E-state index >= 15 is 0 Å². The van der Waals surface area contributed by atoms with Gasteiger partial charge in [-0.2, -0.15) is 11.8 Å². The van der Waals surface area contributed by atoms with Crippen molar-refractivity contribution in [1.82, 2.24) is 4.90 Å². The first-order chi connectivity index (χ1) is 13.2. The highest BCUT2D eigenvalue weighted by Gasteiger charge is 2.25. The van der Waals surface area contributed by atoms with Crippen LogP contribution in [0.15, 0.2) is 36.4 Å². The Hall–Kier alpha value is -2.41. The quantitative estimate of drug-likeness (QED) is 0.797. The SMILES string of the molecule is COc1ccc(C(=O)N2CCS[C@@H](c3ccc4c(c3)OCO4)CC2)cc1F. The van der Waals surface area contributed by atoms with Crippen LogP contribution in [0.2, 0.25) is 0 Å². The molecule has 2 aliphatic rings. The maximum atomic E-state index is 13.9. The third-order valence-corrected chi connectivity index (χ3v) is 6.12. The first-order valence-corrected chi connectivity index (χ1v) is 9.84. The predicted octanol–water partition coefficient (Wildman–Crippen LogP) is 3.88. The maximum absolute atomic E-state index is 13.9. The second kappa shape index (κ2) is 7.68. The van der Waals surface area contributed by atoms with Crippen molar-refractivity contribution >= 4 is 17.7 Å². The third-order valence-electron chi connectivity index (χ3n) is 4.80. The molecule has 2 aromatic carbocycles. The maximum Gasteiger partial charge on any atom is 0.253 e. The minimum Gasteiger partial charge on any atom is -0.494 e. The molecule has 7 heteroatoms. The van der Waals surface area contributed by atoms with Gasteiger partial charge in [-0.05, 0) is 42.3 Å². The summed E-state index contributed by atoms with van der Waals surface area (Å²) < 4.78 is 29.7. The van der Waals surface area contributed by atoms with Crippen LogP contribution in [0, 0.1) is 5.82 Å². The standard InChI is InChI=1S/C20H20FNO4S/c1-24-16-4-3-14(10-15(16)21)20(23)22-7-6-19(27-9-8-22)13-2-5-17-18(11-13)26-12-25-17/h2-5,10-11,19H,6-9,12H2,1H3/t19-/m1/s1. The molecule has 0 bridgehead atoms. The van der Waals surface area contributed by atoms with E-state index in [0.29, 0.717) is 18.7 Å². The number of hydrogen-bond donors (Lipinski definition) is 0. The van der Waals surface area contributed by atoms with Gasteiger partial charge in [-0.15, -0.1) is 0 Å². The molecule has 0 radical (unpaired) electrons. The first kappa shape index (κ1) is 18.0. The molecule has 0 aromatic heterocycles. The fraction of sp³-hybridized carbons (Fsp3) is 0.350. The van der Waals surface area contributed by atoms with Crippen LogP contribution in [0.1, 0.15) is 27.6 Å². The molecule has 1 saturated heterocycles. The smallest absolute Gasteiger partial charge is 0.253 e. The van der Waals surface area contributed by atoms with Crippen molar-refractivity contribution < 1.29 is 23.4 Å². The highest BCUT2D eigenvalue weighted by molar-refractivity contribution is 7.99. The molecule has 142 valence electrons. The molecule has 0 N–H and O–H groups in total. The van der Waals surface area contributed by atoms with Crippen LogP contribution in [0.3, 0.4) is 0 Å². The highest BCUT2D eigenvalue weighted by atomic mass is 32.2. The van der Waals surface area contributed by atoms with E-state index < -0.39 is 5.82 Å².